The number of carbonyl (C=O) groups is 1. The number of nitrogens with zero attached hydrogens (tertiary/aromatic N) is 2. The first-order chi connectivity index (χ1) is 4.29. The van der Waals surface area contributed by atoms with E-state index in [9.17, 15) is 4.79 Å². The number of aromatic amines is 1. The molecule has 4 nitrogen and oxygen atoms in total. The van der Waals surface area contributed by atoms with E-state index < -0.39 is 0 Å². The smallest absolute Gasteiger partial charge is 0.193 e. The van der Waals surface area contributed by atoms with Gasteiger partial charge in [0.15, 0.2) is 5.12 Å². The van der Waals surface area contributed by atoms with Crippen LogP contribution in [0, 0.1) is 0 Å². The fourth-order valence-corrected chi connectivity index (χ4v) is 0.609. The second-order valence-electron chi connectivity index (χ2n) is 1.50. The zero-order valence-electron chi connectivity index (χ0n) is 4.53. The Labute approximate surface area is 57.1 Å². The van der Waals surface area contributed by atoms with Gasteiger partial charge in [-0.2, -0.15) is 5.10 Å². The average Bonchev–Trinajstić information content (AvgIpc) is 2.15. The highest BCUT2D eigenvalue weighted by Gasteiger charge is 1.98. The number of rotatable bonds is 2. The van der Waals surface area contributed by atoms with Gasteiger partial charge in [-0.1, -0.05) is 0 Å². The van der Waals surface area contributed by atoms with Crippen LogP contribution in [0.5, 0.6) is 0 Å². The Morgan fingerprint density at radius 3 is 3.11 bits per heavy atom. The summed E-state index contributed by atoms with van der Waals surface area (Å²) >= 11 is 3.56. The topological polar surface area (TPSA) is 58.6 Å². The third-order valence-corrected chi connectivity index (χ3v) is 0.942. The zero-order chi connectivity index (χ0) is 6.69. The van der Waals surface area contributed by atoms with Gasteiger partial charge in [-0.25, -0.2) is 4.98 Å². The minimum atomic E-state index is -0.216. The minimum Gasteiger partial charge on any atom is -0.287 e. The van der Waals surface area contributed by atoms with E-state index in [2.05, 4.69) is 27.8 Å². The first kappa shape index (κ1) is 6.28. The third kappa shape index (κ3) is 1.85. The molecule has 0 atom stereocenters. The molecule has 0 aliphatic rings. The standard InChI is InChI=1S/C4H5N3OS/c8-4(9)1-3-5-2-6-7-3/h2H,1H2,(H,8,9)(H,5,6,7). The van der Waals surface area contributed by atoms with Crippen molar-refractivity contribution in [1.29, 1.82) is 0 Å². The zero-order valence-corrected chi connectivity index (χ0v) is 5.43. The van der Waals surface area contributed by atoms with E-state index in [1.165, 1.54) is 6.33 Å². The normalized spacial score (nSPS) is 9.44. The number of carbonyl (C=O) groups excluding carboxylic acids is 1. The molecule has 1 rings (SSSR count). The maximum Gasteiger partial charge on any atom is 0.193 e. The Kier molecular flexibility index (Phi) is 1.84. The summed E-state index contributed by atoms with van der Waals surface area (Å²) in [6.45, 7) is 0. The third-order valence-electron chi connectivity index (χ3n) is 0.784. The largest absolute Gasteiger partial charge is 0.287 e. The second-order valence-corrected chi connectivity index (χ2v) is 2.00. The van der Waals surface area contributed by atoms with Crippen LogP contribution in [0.1, 0.15) is 5.82 Å². The molecule has 0 amide bonds. The van der Waals surface area contributed by atoms with Crippen molar-refractivity contribution in [2.24, 2.45) is 0 Å². The molecule has 0 unspecified atom stereocenters. The summed E-state index contributed by atoms with van der Waals surface area (Å²) in [7, 11) is 0. The molecule has 0 bridgehead atoms. The molecular formula is C4H5N3OS. The molecule has 0 saturated carbocycles. The van der Waals surface area contributed by atoms with Gasteiger partial charge >= 0.3 is 0 Å². The highest BCUT2D eigenvalue weighted by molar-refractivity contribution is 7.96. The van der Waals surface area contributed by atoms with Crippen molar-refractivity contribution in [3.05, 3.63) is 12.2 Å². The van der Waals surface area contributed by atoms with E-state index in [0.29, 0.717) is 5.82 Å². The van der Waals surface area contributed by atoms with Crippen molar-refractivity contribution >= 4 is 17.7 Å². The summed E-state index contributed by atoms with van der Waals surface area (Å²) < 4.78 is 0. The number of hydrogen-bond acceptors (Lipinski definition) is 3. The van der Waals surface area contributed by atoms with Gasteiger partial charge in [-0.3, -0.25) is 9.89 Å². The molecule has 0 aromatic carbocycles. The van der Waals surface area contributed by atoms with Gasteiger partial charge in [0.25, 0.3) is 0 Å². The SMILES string of the molecule is O=C(S)Cc1ncn[nH]1. The Morgan fingerprint density at radius 1 is 1.89 bits per heavy atom. The van der Waals surface area contributed by atoms with Crippen LogP contribution in [0.3, 0.4) is 0 Å². The fraction of sp³-hybridized carbons (Fsp3) is 0.250. The summed E-state index contributed by atoms with van der Waals surface area (Å²) in [5.41, 5.74) is 0. The molecule has 1 heterocycles. The predicted octanol–water partition coefficient (Wildman–Crippen LogP) is -0.196. The van der Waals surface area contributed by atoms with Crippen LogP contribution in [0.4, 0.5) is 0 Å². The van der Waals surface area contributed by atoms with E-state index in [0.717, 1.165) is 0 Å². The van der Waals surface area contributed by atoms with Crippen molar-refractivity contribution in [2.75, 3.05) is 0 Å². The van der Waals surface area contributed by atoms with Crippen molar-refractivity contribution in [2.45, 2.75) is 6.42 Å². The molecule has 1 aromatic heterocycles. The van der Waals surface area contributed by atoms with Crippen molar-refractivity contribution < 1.29 is 4.79 Å². The quantitative estimate of drug-likeness (QED) is 0.564. The molecule has 0 radical (unpaired) electrons. The van der Waals surface area contributed by atoms with Gasteiger partial charge in [-0.05, 0) is 0 Å². The van der Waals surface area contributed by atoms with Crippen LogP contribution in [0.15, 0.2) is 6.33 Å². The van der Waals surface area contributed by atoms with Gasteiger partial charge in [0.05, 0.1) is 6.42 Å². The molecule has 0 aliphatic heterocycles. The van der Waals surface area contributed by atoms with Crippen molar-refractivity contribution in [3.8, 4) is 0 Å². The lowest BCUT2D eigenvalue weighted by Gasteiger charge is -1.84. The summed E-state index contributed by atoms with van der Waals surface area (Å²) in [5.74, 6) is 0.551. The molecule has 9 heavy (non-hydrogen) atoms. The molecule has 1 N–H and O–H groups in total. The first-order valence-electron chi connectivity index (χ1n) is 2.35. The van der Waals surface area contributed by atoms with Crippen molar-refractivity contribution in [1.82, 2.24) is 15.2 Å². The van der Waals surface area contributed by atoms with E-state index in [4.69, 9.17) is 0 Å². The predicted molar refractivity (Wildman–Crippen MR) is 34.1 cm³/mol. The molecule has 0 saturated heterocycles. The molecule has 5 heteroatoms. The summed E-state index contributed by atoms with van der Waals surface area (Å²) in [4.78, 5) is 14.0. The second kappa shape index (κ2) is 2.63. The Bertz CT molecular complexity index is 196. The highest BCUT2D eigenvalue weighted by Crippen LogP contribution is 1.90. The number of thiol groups is 1. The molecular weight excluding hydrogens is 138 g/mol. The molecule has 0 spiro atoms. The van der Waals surface area contributed by atoms with Crippen LogP contribution in [0.2, 0.25) is 0 Å². The lowest BCUT2D eigenvalue weighted by atomic mass is 10.4. The number of H-pyrrole nitrogens is 1. The van der Waals surface area contributed by atoms with Crippen LogP contribution in [-0.4, -0.2) is 20.3 Å². The minimum absolute atomic E-state index is 0.211. The fourth-order valence-electron chi connectivity index (χ4n) is 0.459. The van der Waals surface area contributed by atoms with Crippen LogP contribution < -0.4 is 0 Å². The van der Waals surface area contributed by atoms with Crippen LogP contribution in [-0.2, 0) is 11.2 Å². The van der Waals surface area contributed by atoms with E-state index in [-0.39, 0.29) is 11.5 Å². The van der Waals surface area contributed by atoms with E-state index >= 15 is 0 Å². The lowest BCUT2D eigenvalue weighted by Crippen LogP contribution is -1.95. The summed E-state index contributed by atoms with van der Waals surface area (Å²) in [6.07, 6.45) is 1.56. The number of hydrogen-bond donors (Lipinski definition) is 2. The maximum atomic E-state index is 10.3. The summed E-state index contributed by atoms with van der Waals surface area (Å²) in [5, 5.41) is 5.87. The first-order valence-corrected chi connectivity index (χ1v) is 2.80. The van der Waals surface area contributed by atoms with Crippen LogP contribution >= 0.6 is 12.6 Å². The Morgan fingerprint density at radius 2 is 2.67 bits per heavy atom. The van der Waals surface area contributed by atoms with E-state index in [1.807, 2.05) is 0 Å². The van der Waals surface area contributed by atoms with Crippen molar-refractivity contribution in [3.63, 3.8) is 0 Å². The molecule has 0 fully saturated rings. The molecule has 48 valence electrons. The highest BCUT2D eigenvalue weighted by atomic mass is 32.1. The van der Waals surface area contributed by atoms with Crippen LogP contribution in [0.25, 0.3) is 0 Å². The molecule has 1 aromatic rings. The van der Waals surface area contributed by atoms with Gasteiger partial charge < -0.3 is 0 Å². The Hall–Kier alpha value is -0.840. The Balaban J connectivity index is 2.58. The van der Waals surface area contributed by atoms with Gasteiger partial charge in [0.1, 0.15) is 12.2 Å². The van der Waals surface area contributed by atoms with Gasteiger partial charge in [-0.15, -0.1) is 12.6 Å². The average molecular weight is 143 g/mol. The molecule has 0 aliphatic carbocycles. The summed E-state index contributed by atoms with van der Waals surface area (Å²) in [6, 6.07) is 0. The van der Waals surface area contributed by atoms with E-state index in [1.54, 1.807) is 0 Å². The number of nitrogens with one attached hydrogen (secondary N) is 1. The lowest BCUT2D eigenvalue weighted by molar-refractivity contribution is -0.110. The van der Waals surface area contributed by atoms with Gasteiger partial charge in [0.2, 0.25) is 0 Å². The number of aromatic nitrogens is 3. The van der Waals surface area contributed by atoms with Gasteiger partial charge in [0, 0.05) is 0 Å². The maximum absolute atomic E-state index is 10.3. The monoisotopic (exact) mass is 143 g/mol.